The quantitative estimate of drug-likeness (QED) is 0.522. The summed E-state index contributed by atoms with van der Waals surface area (Å²) in [6.07, 6.45) is 1.45. The summed E-state index contributed by atoms with van der Waals surface area (Å²) in [6, 6.07) is 8.07. The van der Waals surface area contributed by atoms with Crippen molar-refractivity contribution in [3.8, 4) is 0 Å². The Morgan fingerprint density at radius 2 is 2.07 bits per heavy atom. The van der Waals surface area contributed by atoms with E-state index in [1.165, 1.54) is 18.3 Å². The van der Waals surface area contributed by atoms with E-state index < -0.39 is 5.97 Å². The van der Waals surface area contributed by atoms with Crippen LogP contribution in [0.3, 0.4) is 0 Å². The van der Waals surface area contributed by atoms with Crippen molar-refractivity contribution >= 4 is 16.9 Å². The third-order valence-electron chi connectivity index (χ3n) is 2.03. The molecule has 2 aromatic rings. The first kappa shape index (κ1) is 8.50. The van der Waals surface area contributed by atoms with Crippen LogP contribution >= 0.6 is 0 Å². The van der Waals surface area contributed by atoms with Crippen molar-refractivity contribution in [2.24, 2.45) is 0 Å². The Hall–Kier alpha value is -2.10. The van der Waals surface area contributed by atoms with Gasteiger partial charge in [-0.15, -0.1) is 0 Å². The molecule has 0 bridgehead atoms. The lowest BCUT2D eigenvalue weighted by Crippen LogP contribution is -2.29. The lowest BCUT2D eigenvalue weighted by atomic mass is 10.1. The monoisotopic (exact) mass is 190 g/mol. The summed E-state index contributed by atoms with van der Waals surface area (Å²) in [4.78, 5) is 10.7. The van der Waals surface area contributed by atoms with Crippen molar-refractivity contribution in [3.05, 3.63) is 42.1 Å². The normalized spacial score (nSPS) is 10.3. The molecule has 70 valence electrons. The van der Waals surface area contributed by atoms with Gasteiger partial charge in [-0.05, 0) is 18.2 Å². The third-order valence-corrected chi connectivity index (χ3v) is 2.03. The smallest absolute Gasteiger partial charge is 0.335 e. The average Bonchev–Trinajstić information content (AvgIpc) is 2.18. The number of benzene rings is 1. The van der Waals surface area contributed by atoms with E-state index in [1.807, 2.05) is 0 Å². The Bertz CT molecular complexity index is 508. The molecule has 0 saturated carbocycles. The molecule has 0 spiro atoms. The van der Waals surface area contributed by atoms with Gasteiger partial charge in [0, 0.05) is 16.9 Å². The topological polar surface area (TPSA) is 61.4 Å². The van der Waals surface area contributed by atoms with Crippen molar-refractivity contribution in [2.75, 3.05) is 0 Å². The highest BCUT2D eigenvalue weighted by molar-refractivity contribution is 5.92. The van der Waals surface area contributed by atoms with Crippen LogP contribution in [0.5, 0.6) is 0 Å². The predicted octanol–water partition coefficient (Wildman–Crippen LogP) is 1.06. The molecule has 2 N–H and O–H groups in total. The van der Waals surface area contributed by atoms with Crippen LogP contribution in [0.15, 0.2) is 36.5 Å². The SMILES string of the molecule is O=C(O)c1ccc2ccc[n+](O)c2c1. The van der Waals surface area contributed by atoms with Gasteiger partial charge in [-0.1, -0.05) is 0 Å². The van der Waals surface area contributed by atoms with Crippen molar-refractivity contribution in [1.82, 2.24) is 0 Å². The maximum Gasteiger partial charge on any atom is 0.335 e. The minimum atomic E-state index is -1.00. The summed E-state index contributed by atoms with van der Waals surface area (Å²) >= 11 is 0. The molecule has 0 aliphatic heterocycles. The summed E-state index contributed by atoms with van der Waals surface area (Å²) in [5.41, 5.74) is 0.638. The molecule has 0 unspecified atom stereocenters. The Labute approximate surface area is 79.6 Å². The predicted molar refractivity (Wildman–Crippen MR) is 48.3 cm³/mol. The van der Waals surface area contributed by atoms with Gasteiger partial charge < -0.3 is 5.11 Å². The number of fused-ring (bicyclic) bond motifs is 1. The highest BCUT2D eigenvalue weighted by atomic mass is 16.5. The Balaban J connectivity index is 2.76. The Morgan fingerprint density at radius 1 is 1.29 bits per heavy atom. The first-order valence-electron chi connectivity index (χ1n) is 4.05. The second-order valence-electron chi connectivity index (χ2n) is 2.93. The van der Waals surface area contributed by atoms with Crippen LogP contribution in [0.4, 0.5) is 0 Å². The molecule has 1 aromatic carbocycles. The molecule has 0 atom stereocenters. The molecule has 0 saturated heterocycles. The van der Waals surface area contributed by atoms with Crippen LogP contribution in [-0.4, -0.2) is 16.3 Å². The zero-order valence-corrected chi connectivity index (χ0v) is 7.21. The van der Waals surface area contributed by atoms with Gasteiger partial charge in [-0.3, -0.25) is 5.21 Å². The molecular weight excluding hydrogens is 182 g/mol. The maximum atomic E-state index is 10.7. The Kier molecular flexibility index (Phi) is 1.81. The summed E-state index contributed by atoms with van der Waals surface area (Å²) in [6.45, 7) is 0. The van der Waals surface area contributed by atoms with E-state index in [1.54, 1.807) is 18.2 Å². The van der Waals surface area contributed by atoms with Gasteiger partial charge in [0.15, 0.2) is 0 Å². The number of carboxylic acid groups (broad SMARTS) is 1. The molecule has 1 aromatic heterocycles. The van der Waals surface area contributed by atoms with Crippen molar-refractivity contribution in [1.29, 1.82) is 0 Å². The molecule has 0 amide bonds. The number of carboxylic acids is 1. The Morgan fingerprint density at radius 3 is 2.79 bits per heavy atom. The fourth-order valence-corrected chi connectivity index (χ4v) is 1.32. The number of nitrogens with zero attached hydrogens (tertiary/aromatic N) is 1. The average molecular weight is 190 g/mol. The molecular formula is C10H8NO3+. The number of rotatable bonds is 1. The van der Waals surface area contributed by atoms with E-state index in [0.717, 1.165) is 10.1 Å². The van der Waals surface area contributed by atoms with Crippen LogP contribution in [0.25, 0.3) is 10.9 Å². The van der Waals surface area contributed by atoms with E-state index >= 15 is 0 Å². The van der Waals surface area contributed by atoms with E-state index in [-0.39, 0.29) is 5.56 Å². The van der Waals surface area contributed by atoms with Gasteiger partial charge in [0.2, 0.25) is 6.20 Å². The van der Waals surface area contributed by atoms with Gasteiger partial charge in [0.1, 0.15) is 0 Å². The molecule has 0 radical (unpaired) electrons. The fourth-order valence-electron chi connectivity index (χ4n) is 1.32. The second kappa shape index (κ2) is 2.99. The van der Waals surface area contributed by atoms with E-state index in [0.29, 0.717) is 5.52 Å². The van der Waals surface area contributed by atoms with Crippen LogP contribution in [0.1, 0.15) is 10.4 Å². The summed E-state index contributed by atoms with van der Waals surface area (Å²) in [7, 11) is 0. The van der Waals surface area contributed by atoms with E-state index in [4.69, 9.17) is 5.11 Å². The lowest BCUT2D eigenvalue weighted by molar-refractivity contribution is -0.884. The van der Waals surface area contributed by atoms with Gasteiger partial charge >= 0.3 is 5.97 Å². The highest BCUT2D eigenvalue weighted by Gasteiger charge is 2.10. The standard InChI is InChI=1S/C10H7NO3/c12-10(13)8-4-3-7-2-1-5-11(14)9(7)6-8/h1-6H,(H-,12,13,14)/p+1. The van der Waals surface area contributed by atoms with Crippen LogP contribution in [0, 0.1) is 0 Å². The summed E-state index contributed by atoms with van der Waals surface area (Å²) in [5.74, 6) is -1.00. The fraction of sp³-hybridized carbons (Fsp3) is 0. The largest absolute Gasteiger partial charge is 0.478 e. The zero-order chi connectivity index (χ0) is 10.1. The van der Waals surface area contributed by atoms with Gasteiger partial charge in [-0.25, -0.2) is 4.79 Å². The molecule has 1 heterocycles. The highest BCUT2D eigenvalue weighted by Crippen LogP contribution is 2.11. The molecule has 0 fully saturated rings. The summed E-state index contributed by atoms with van der Waals surface area (Å²) in [5, 5.41) is 18.9. The number of aromatic nitrogens is 1. The minimum absolute atomic E-state index is 0.159. The molecule has 4 nitrogen and oxygen atoms in total. The lowest BCUT2D eigenvalue weighted by Gasteiger charge is -1.95. The maximum absolute atomic E-state index is 10.7. The molecule has 4 heteroatoms. The number of pyridine rings is 1. The first-order chi connectivity index (χ1) is 6.68. The van der Waals surface area contributed by atoms with Crippen molar-refractivity contribution in [2.45, 2.75) is 0 Å². The van der Waals surface area contributed by atoms with Crippen molar-refractivity contribution < 1.29 is 19.8 Å². The molecule has 0 aliphatic rings. The number of hydrogen-bond donors (Lipinski definition) is 2. The third kappa shape index (κ3) is 1.26. The van der Waals surface area contributed by atoms with Crippen LogP contribution in [0.2, 0.25) is 0 Å². The van der Waals surface area contributed by atoms with E-state index in [9.17, 15) is 10.0 Å². The van der Waals surface area contributed by atoms with Crippen LogP contribution < -0.4 is 4.73 Å². The zero-order valence-electron chi connectivity index (χ0n) is 7.21. The minimum Gasteiger partial charge on any atom is -0.478 e. The molecule has 14 heavy (non-hydrogen) atoms. The van der Waals surface area contributed by atoms with E-state index in [2.05, 4.69) is 0 Å². The number of carbonyl (C=O) groups is 1. The number of hydrogen-bond acceptors (Lipinski definition) is 2. The van der Waals surface area contributed by atoms with Crippen molar-refractivity contribution in [3.63, 3.8) is 0 Å². The van der Waals surface area contributed by atoms with Crippen LogP contribution in [-0.2, 0) is 0 Å². The summed E-state index contributed by atoms with van der Waals surface area (Å²) < 4.78 is 0.905. The second-order valence-corrected chi connectivity index (χ2v) is 2.93. The van der Waals surface area contributed by atoms with Gasteiger partial charge in [0.05, 0.1) is 10.9 Å². The van der Waals surface area contributed by atoms with Gasteiger partial charge in [0.25, 0.3) is 5.52 Å². The van der Waals surface area contributed by atoms with Gasteiger partial charge in [-0.2, -0.15) is 0 Å². The molecule has 2 rings (SSSR count). The molecule has 0 aliphatic carbocycles. The number of aromatic carboxylic acids is 1. The first-order valence-corrected chi connectivity index (χ1v) is 4.05.